The molecule has 0 bridgehead atoms. The van der Waals surface area contributed by atoms with Crippen molar-refractivity contribution < 1.29 is 17.3 Å². The molecule has 0 unspecified atom stereocenters. The van der Waals surface area contributed by atoms with E-state index in [0.29, 0.717) is 0 Å². The third-order valence-electron chi connectivity index (χ3n) is 3.01. The third kappa shape index (κ3) is 6.84. The zero-order valence-electron chi connectivity index (χ0n) is 13.0. The fourth-order valence-electron chi connectivity index (χ4n) is 2.09. The van der Waals surface area contributed by atoms with Crippen molar-refractivity contribution in [3.05, 3.63) is 90.0 Å². The second kappa shape index (κ2) is 8.97. The monoisotopic (exact) mass is 384 g/mol. The molecule has 0 saturated heterocycles. The Balaban J connectivity index is 0.000000399. The number of halogens is 5. The molecule has 25 heavy (non-hydrogen) atoms. The van der Waals surface area contributed by atoms with E-state index in [1.54, 1.807) is 0 Å². The summed E-state index contributed by atoms with van der Waals surface area (Å²) in [6.07, 6.45) is 0. The molecular formula is C18H14BClF4S. The summed E-state index contributed by atoms with van der Waals surface area (Å²) in [6.45, 7) is 0. The van der Waals surface area contributed by atoms with E-state index in [4.69, 9.17) is 11.6 Å². The lowest BCUT2D eigenvalue weighted by Gasteiger charge is -2.07. The maximum atomic E-state index is 9.75. The Labute approximate surface area is 151 Å². The summed E-state index contributed by atoms with van der Waals surface area (Å²) in [6, 6.07) is 29.4. The number of benzene rings is 3. The van der Waals surface area contributed by atoms with Crippen molar-refractivity contribution in [1.82, 2.24) is 0 Å². The maximum Gasteiger partial charge on any atom is 0.673 e. The molecule has 0 nitrogen and oxygen atoms in total. The first-order valence-corrected chi connectivity index (χ1v) is 8.92. The van der Waals surface area contributed by atoms with E-state index in [2.05, 4.69) is 72.8 Å². The van der Waals surface area contributed by atoms with E-state index in [0.717, 1.165) is 5.02 Å². The van der Waals surface area contributed by atoms with Crippen LogP contribution in [0.25, 0.3) is 0 Å². The Morgan fingerprint density at radius 2 is 0.880 bits per heavy atom. The normalized spacial score (nSPS) is 11.0. The Kier molecular flexibility index (Phi) is 6.96. The standard InChI is InChI=1S/C18H14ClS.BF4/c19-15-11-13-18(14-12-15)20(16-7-3-1-4-8-16)17-9-5-2-6-10-17;2-1(3,4)5/h1-14H;/q+1;-1. The average Bonchev–Trinajstić information content (AvgIpc) is 2.57. The summed E-state index contributed by atoms with van der Waals surface area (Å²) in [7, 11) is -6.08. The average molecular weight is 385 g/mol. The van der Waals surface area contributed by atoms with Gasteiger partial charge in [0.25, 0.3) is 0 Å². The molecule has 0 N–H and O–H groups in total. The van der Waals surface area contributed by atoms with Gasteiger partial charge < -0.3 is 17.3 Å². The van der Waals surface area contributed by atoms with Gasteiger partial charge in [0.1, 0.15) is 0 Å². The summed E-state index contributed by atoms with van der Waals surface area (Å²) >= 11 is 6.01. The van der Waals surface area contributed by atoms with E-state index in [-0.39, 0.29) is 10.9 Å². The van der Waals surface area contributed by atoms with E-state index in [1.165, 1.54) is 14.7 Å². The van der Waals surface area contributed by atoms with Gasteiger partial charge in [0.2, 0.25) is 0 Å². The van der Waals surface area contributed by atoms with Crippen LogP contribution in [0.1, 0.15) is 0 Å². The second-order valence-electron chi connectivity index (χ2n) is 4.88. The zero-order valence-corrected chi connectivity index (χ0v) is 14.5. The van der Waals surface area contributed by atoms with Crippen LogP contribution in [-0.2, 0) is 10.9 Å². The first-order valence-electron chi connectivity index (χ1n) is 7.32. The molecule has 0 amide bonds. The Morgan fingerprint density at radius 3 is 1.24 bits per heavy atom. The lowest BCUT2D eigenvalue weighted by Crippen LogP contribution is -2.04. The van der Waals surface area contributed by atoms with Gasteiger partial charge in [-0.3, -0.25) is 0 Å². The van der Waals surface area contributed by atoms with Crippen molar-refractivity contribution in [2.24, 2.45) is 0 Å². The highest BCUT2D eigenvalue weighted by molar-refractivity contribution is 7.97. The van der Waals surface area contributed by atoms with Crippen LogP contribution < -0.4 is 0 Å². The molecule has 0 spiro atoms. The molecule has 3 aromatic carbocycles. The predicted molar refractivity (Wildman–Crippen MR) is 96.7 cm³/mol. The molecule has 0 fully saturated rings. The molecule has 0 saturated carbocycles. The second-order valence-corrected chi connectivity index (χ2v) is 7.34. The minimum absolute atomic E-state index is 0.0815. The van der Waals surface area contributed by atoms with Gasteiger partial charge in [-0.1, -0.05) is 48.0 Å². The highest BCUT2D eigenvalue weighted by atomic mass is 35.5. The van der Waals surface area contributed by atoms with Crippen LogP contribution >= 0.6 is 11.6 Å². The van der Waals surface area contributed by atoms with Gasteiger partial charge >= 0.3 is 7.25 Å². The number of hydrogen-bond donors (Lipinski definition) is 0. The van der Waals surface area contributed by atoms with Gasteiger partial charge in [-0.2, -0.15) is 0 Å². The largest absolute Gasteiger partial charge is 0.673 e. The first-order chi connectivity index (χ1) is 11.8. The molecule has 0 aromatic heterocycles. The summed E-state index contributed by atoms with van der Waals surface area (Å²) in [5.41, 5.74) is 0. The summed E-state index contributed by atoms with van der Waals surface area (Å²) in [5.74, 6) is 0. The van der Waals surface area contributed by atoms with Gasteiger partial charge in [-0.15, -0.1) is 0 Å². The molecule has 3 aromatic rings. The zero-order chi connectivity index (χ0) is 18.3. The maximum absolute atomic E-state index is 9.75. The highest BCUT2D eigenvalue weighted by Crippen LogP contribution is 2.31. The molecule has 0 aliphatic carbocycles. The summed E-state index contributed by atoms with van der Waals surface area (Å²) in [5, 5.41) is 0.776. The van der Waals surface area contributed by atoms with Crippen LogP contribution in [0.2, 0.25) is 5.02 Å². The third-order valence-corrected chi connectivity index (χ3v) is 5.49. The van der Waals surface area contributed by atoms with Crippen molar-refractivity contribution in [2.75, 3.05) is 0 Å². The molecular weight excluding hydrogens is 371 g/mol. The number of rotatable bonds is 3. The van der Waals surface area contributed by atoms with Gasteiger partial charge in [-0.05, 0) is 48.5 Å². The van der Waals surface area contributed by atoms with Gasteiger partial charge in [0.15, 0.2) is 14.7 Å². The summed E-state index contributed by atoms with van der Waals surface area (Å²) < 4.78 is 39.0. The van der Waals surface area contributed by atoms with Crippen LogP contribution in [-0.4, -0.2) is 7.25 Å². The van der Waals surface area contributed by atoms with Crippen molar-refractivity contribution in [3.63, 3.8) is 0 Å². The minimum atomic E-state index is -6.00. The fourth-order valence-corrected chi connectivity index (χ4v) is 4.30. The van der Waals surface area contributed by atoms with Crippen LogP contribution in [0.5, 0.6) is 0 Å². The van der Waals surface area contributed by atoms with Crippen LogP contribution in [0.15, 0.2) is 99.6 Å². The highest BCUT2D eigenvalue weighted by Gasteiger charge is 2.27. The van der Waals surface area contributed by atoms with Crippen LogP contribution in [0, 0.1) is 0 Å². The smallest absolute Gasteiger partial charge is 0.418 e. The van der Waals surface area contributed by atoms with E-state index < -0.39 is 7.25 Å². The Bertz CT molecular complexity index is 719. The van der Waals surface area contributed by atoms with Crippen LogP contribution in [0.4, 0.5) is 17.3 Å². The Morgan fingerprint density at radius 1 is 0.560 bits per heavy atom. The molecule has 0 aliphatic rings. The first kappa shape index (κ1) is 19.4. The van der Waals surface area contributed by atoms with E-state index in [1.807, 2.05) is 12.1 Å². The minimum Gasteiger partial charge on any atom is -0.418 e. The molecule has 3 rings (SSSR count). The van der Waals surface area contributed by atoms with E-state index >= 15 is 0 Å². The van der Waals surface area contributed by atoms with Gasteiger partial charge in [0.05, 0.1) is 10.9 Å². The predicted octanol–water partition coefficient (Wildman–Crippen LogP) is 6.74. The topological polar surface area (TPSA) is 0 Å². The van der Waals surface area contributed by atoms with Crippen molar-refractivity contribution in [3.8, 4) is 0 Å². The molecule has 0 heterocycles. The fraction of sp³-hybridized carbons (Fsp3) is 0. The van der Waals surface area contributed by atoms with Gasteiger partial charge in [-0.25, -0.2) is 0 Å². The SMILES string of the molecule is Clc1ccc([S+](c2ccccc2)c2ccccc2)cc1.F[B-](F)(F)F. The molecule has 0 radical (unpaired) electrons. The number of hydrogen-bond acceptors (Lipinski definition) is 0. The van der Waals surface area contributed by atoms with E-state index in [9.17, 15) is 17.3 Å². The lowest BCUT2D eigenvalue weighted by molar-refractivity contribution is 0.368. The van der Waals surface area contributed by atoms with Crippen molar-refractivity contribution in [1.29, 1.82) is 0 Å². The molecule has 7 heteroatoms. The molecule has 130 valence electrons. The summed E-state index contributed by atoms with van der Waals surface area (Å²) in [4.78, 5) is 3.92. The van der Waals surface area contributed by atoms with Crippen molar-refractivity contribution in [2.45, 2.75) is 14.7 Å². The quantitative estimate of drug-likeness (QED) is 0.267. The lowest BCUT2D eigenvalue weighted by atomic mass is 10.3. The molecule has 0 atom stereocenters. The van der Waals surface area contributed by atoms with Crippen LogP contribution in [0.3, 0.4) is 0 Å². The van der Waals surface area contributed by atoms with Crippen molar-refractivity contribution >= 4 is 29.8 Å². The molecule has 0 aliphatic heterocycles. The Hall–Kier alpha value is -1.92. The van der Waals surface area contributed by atoms with Gasteiger partial charge in [0, 0.05) is 5.02 Å².